The number of rotatable bonds is 7. The monoisotopic (exact) mass is 242 g/mol. The summed E-state index contributed by atoms with van der Waals surface area (Å²) >= 11 is 0. The van der Waals surface area contributed by atoms with Crippen LogP contribution in [0.5, 0.6) is 0 Å². The Kier molecular flexibility index (Phi) is 5.41. The van der Waals surface area contributed by atoms with Crippen molar-refractivity contribution in [1.82, 2.24) is 10.6 Å². The zero-order chi connectivity index (χ0) is 12.8. The van der Waals surface area contributed by atoms with Gasteiger partial charge in [-0.2, -0.15) is 0 Å². The SMILES string of the molecule is CC(CCCC(C)C(=O)O)NC(=O)C1CNC1. The summed E-state index contributed by atoms with van der Waals surface area (Å²) in [6, 6.07) is 0.129. The highest BCUT2D eigenvalue weighted by atomic mass is 16.4. The molecule has 2 unspecified atom stereocenters. The van der Waals surface area contributed by atoms with Gasteiger partial charge in [-0.15, -0.1) is 0 Å². The van der Waals surface area contributed by atoms with Gasteiger partial charge in [-0.3, -0.25) is 9.59 Å². The van der Waals surface area contributed by atoms with Crippen LogP contribution in [-0.4, -0.2) is 36.1 Å². The van der Waals surface area contributed by atoms with Gasteiger partial charge in [0, 0.05) is 19.1 Å². The maximum atomic E-state index is 11.6. The number of carboxylic acid groups (broad SMARTS) is 1. The van der Waals surface area contributed by atoms with Crippen LogP contribution >= 0.6 is 0 Å². The van der Waals surface area contributed by atoms with E-state index in [4.69, 9.17) is 5.11 Å². The first kappa shape index (κ1) is 14.0. The number of carbonyl (C=O) groups is 2. The highest BCUT2D eigenvalue weighted by Crippen LogP contribution is 2.10. The molecule has 0 aromatic rings. The van der Waals surface area contributed by atoms with Crippen LogP contribution in [-0.2, 0) is 9.59 Å². The van der Waals surface area contributed by atoms with E-state index in [0.29, 0.717) is 6.42 Å². The van der Waals surface area contributed by atoms with Crippen LogP contribution in [0.4, 0.5) is 0 Å². The molecular weight excluding hydrogens is 220 g/mol. The van der Waals surface area contributed by atoms with Crippen LogP contribution in [0.25, 0.3) is 0 Å². The fraction of sp³-hybridized carbons (Fsp3) is 0.833. The van der Waals surface area contributed by atoms with Crippen molar-refractivity contribution >= 4 is 11.9 Å². The molecule has 1 heterocycles. The maximum absolute atomic E-state index is 11.6. The normalized spacial score (nSPS) is 19.2. The first-order chi connectivity index (χ1) is 8.00. The Morgan fingerprint density at radius 2 is 2.00 bits per heavy atom. The van der Waals surface area contributed by atoms with Crippen molar-refractivity contribution in [3.05, 3.63) is 0 Å². The lowest BCUT2D eigenvalue weighted by Crippen LogP contribution is -2.52. The van der Waals surface area contributed by atoms with Crippen LogP contribution in [0.15, 0.2) is 0 Å². The molecule has 0 spiro atoms. The van der Waals surface area contributed by atoms with Gasteiger partial charge in [0.15, 0.2) is 0 Å². The molecule has 1 rings (SSSR count). The van der Waals surface area contributed by atoms with E-state index in [2.05, 4.69) is 10.6 Å². The average Bonchev–Trinajstić information content (AvgIpc) is 2.13. The average molecular weight is 242 g/mol. The molecular formula is C12H22N2O3. The molecule has 17 heavy (non-hydrogen) atoms. The van der Waals surface area contributed by atoms with Crippen LogP contribution in [0, 0.1) is 11.8 Å². The van der Waals surface area contributed by atoms with Crippen molar-refractivity contribution in [3.8, 4) is 0 Å². The molecule has 0 bridgehead atoms. The fourth-order valence-electron chi connectivity index (χ4n) is 1.76. The summed E-state index contributed by atoms with van der Waals surface area (Å²) in [4.78, 5) is 22.2. The molecule has 1 amide bonds. The van der Waals surface area contributed by atoms with E-state index in [1.807, 2.05) is 6.92 Å². The minimum atomic E-state index is -0.748. The van der Waals surface area contributed by atoms with Crippen molar-refractivity contribution in [2.75, 3.05) is 13.1 Å². The third-order valence-electron chi connectivity index (χ3n) is 3.24. The molecule has 0 radical (unpaired) electrons. The van der Waals surface area contributed by atoms with Crippen LogP contribution in [0.3, 0.4) is 0 Å². The number of carbonyl (C=O) groups excluding carboxylic acids is 1. The predicted octanol–water partition coefficient (Wildman–Crippen LogP) is 0.602. The Morgan fingerprint density at radius 1 is 1.35 bits per heavy atom. The third kappa shape index (κ3) is 4.73. The number of nitrogens with one attached hydrogen (secondary N) is 2. The predicted molar refractivity (Wildman–Crippen MR) is 64.6 cm³/mol. The van der Waals surface area contributed by atoms with Gasteiger partial charge >= 0.3 is 5.97 Å². The quantitative estimate of drug-likeness (QED) is 0.611. The first-order valence-electron chi connectivity index (χ1n) is 6.24. The van der Waals surface area contributed by atoms with Gasteiger partial charge in [-0.1, -0.05) is 13.3 Å². The molecule has 1 fully saturated rings. The van der Waals surface area contributed by atoms with Crippen molar-refractivity contribution in [2.45, 2.75) is 39.2 Å². The number of carboxylic acids is 1. The smallest absolute Gasteiger partial charge is 0.306 e. The molecule has 5 nitrogen and oxygen atoms in total. The molecule has 0 aromatic heterocycles. The summed E-state index contributed by atoms with van der Waals surface area (Å²) < 4.78 is 0. The summed E-state index contributed by atoms with van der Waals surface area (Å²) in [6.45, 7) is 5.23. The number of amides is 1. The van der Waals surface area contributed by atoms with Gasteiger partial charge in [-0.25, -0.2) is 0 Å². The van der Waals surface area contributed by atoms with Gasteiger partial charge in [0.1, 0.15) is 0 Å². The topological polar surface area (TPSA) is 78.4 Å². The van der Waals surface area contributed by atoms with Gasteiger partial charge in [0.05, 0.1) is 11.8 Å². The van der Waals surface area contributed by atoms with Gasteiger partial charge in [0.25, 0.3) is 0 Å². The van der Waals surface area contributed by atoms with Gasteiger partial charge in [-0.05, 0) is 19.8 Å². The molecule has 1 saturated heterocycles. The van der Waals surface area contributed by atoms with Crippen molar-refractivity contribution in [1.29, 1.82) is 0 Å². The first-order valence-corrected chi connectivity index (χ1v) is 6.24. The van der Waals surface area contributed by atoms with Gasteiger partial charge < -0.3 is 15.7 Å². The number of hydrogen-bond donors (Lipinski definition) is 3. The maximum Gasteiger partial charge on any atom is 0.306 e. The highest BCUT2D eigenvalue weighted by Gasteiger charge is 2.25. The molecule has 0 aliphatic carbocycles. The molecule has 0 saturated carbocycles. The molecule has 0 aromatic carbocycles. The minimum absolute atomic E-state index is 0.113. The number of hydrogen-bond acceptors (Lipinski definition) is 3. The lowest BCUT2D eigenvalue weighted by Gasteiger charge is -2.27. The highest BCUT2D eigenvalue weighted by molar-refractivity contribution is 5.80. The van der Waals surface area contributed by atoms with Crippen LogP contribution < -0.4 is 10.6 Å². The Balaban J connectivity index is 2.10. The molecule has 3 N–H and O–H groups in total. The molecule has 1 aliphatic heterocycles. The third-order valence-corrected chi connectivity index (χ3v) is 3.24. The van der Waals surface area contributed by atoms with E-state index < -0.39 is 5.97 Å². The Hall–Kier alpha value is -1.10. The molecule has 2 atom stereocenters. The van der Waals surface area contributed by atoms with E-state index in [9.17, 15) is 9.59 Å². The Morgan fingerprint density at radius 3 is 2.47 bits per heavy atom. The second-order valence-corrected chi connectivity index (χ2v) is 4.93. The molecule has 1 aliphatic rings. The van der Waals surface area contributed by atoms with Crippen molar-refractivity contribution in [2.24, 2.45) is 11.8 Å². The van der Waals surface area contributed by atoms with Crippen molar-refractivity contribution < 1.29 is 14.7 Å². The van der Waals surface area contributed by atoms with Crippen LogP contribution in [0.1, 0.15) is 33.1 Å². The Labute approximate surface area is 102 Å². The number of aliphatic carboxylic acids is 1. The second-order valence-electron chi connectivity index (χ2n) is 4.93. The lowest BCUT2D eigenvalue weighted by atomic mass is 10.00. The van der Waals surface area contributed by atoms with E-state index in [1.54, 1.807) is 6.92 Å². The summed E-state index contributed by atoms with van der Waals surface area (Å²) in [7, 11) is 0. The summed E-state index contributed by atoms with van der Waals surface area (Å²) in [5, 5.41) is 14.7. The largest absolute Gasteiger partial charge is 0.481 e. The van der Waals surface area contributed by atoms with Crippen LogP contribution in [0.2, 0.25) is 0 Å². The standard InChI is InChI=1S/C12H22N2O3/c1-8(12(16)17)4-3-5-9(2)14-11(15)10-6-13-7-10/h8-10,13H,3-7H2,1-2H3,(H,14,15)(H,16,17). The zero-order valence-electron chi connectivity index (χ0n) is 10.5. The van der Waals surface area contributed by atoms with Gasteiger partial charge in [0.2, 0.25) is 5.91 Å². The fourth-order valence-corrected chi connectivity index (χ4v) is 1.76. The van der Waals surface area contributed by atoms with E-state index in [0.717, 1.165) is 25.9 Å². The van der Waals surface area contributed by atoms with E-state index in [1.165, 1.54) is 0 Å². The molecule has 98 valence electrons. The van der Waals surface area contributed by atoms with Crippen molar-refractivity contribution in [3.63, 3.8) is 0 Å². The zero-order valence-corrected chi connectivity index (χ0v) is 10.5. The Bertz CT molecular complexity index is 277. The molecule has 5 heteroatoms. The summed E-state index contributed by atoms with van der Waals surface area (Å²) in [5.74, 6) is -0.811. The van der Waals surface area contributed by atoms with E-state index in [-0.39, 0.29) is 23.8 Å². The minimum Gasteiger partial charge on any atom is -0.481 e. The lowest BCUT2D eigenvalue weighted by molar-refractivity contribution is -0.141. The summed E-state index contributed by atoms with van der Waals surface area (Å²) in [6.07, 6.45) is 2.34. The second kappa shape index (κ2) is 6.59. The van der Waals surface area contributed by atoms with E-state index >= 15 is 0 Å². The summed E-state index contributed by atoms with van der Waals surface area (Å²) in [5.41, 5.74) is 0.